The largest absolute Gasteiger partial charge is 0.425 e. The molecule has 0 bridgehead atoms. The van der Waals surface area contributed by atoms with Crippen LogP contribution in [0.1, 0.15) is 23.9 Å². The Labute approximate surface area is 112 Å². The Kier molecular flexibility index (Phi) is 4.08. The van der Waals surface area contributed by atoms with E-state index in [4.69, 9.17) is 4.74 Å². The van der Waals surface area contributed by atoms with E-state index in [0.29, 0.717) is 11.4 Å². The van der Waals surface area contributed by atoms with E-state index >= 15 is 0 Å². The van der Waals surface area contributed by atoms with Gasteiger partial charge in [0.2, 0.25) is 0 Å². The lowest BCUT2D eigenvalue weighted by Crippen LogP contribution is -2.03. The predicted octanol–water partition coefficient (Wildman–Crippen LogP) is 3.49. The van der Waals surface area contributed by atoms with E-state index < -0.39 is 0 Å². The monoisotopic (exact) mass is 253 g/mol. The number of hydrogen-bond acceptors (Lipinski definition) is 3. The van der Waals surface area contributed by atoms with Crippen molar-refractivity contribution < 1.29 is 9.53 Å². The second kappa shape index (κ2) is 5.96. The molecule has 1 aromatic heterocycles. The number of benzene rings is 1. The molecule has 3 heteroatoms. The molecular weight excluding hydrogens is 238 g/mol. The molecule has 1 heterocycles. The van der Waals surface area contributed by atoms with Crippen LogP contribution in [0.2, 0.25) is 0 Å². The van der Waals surface area contributed by atoms with E-state index in [1.807, 2.05) is 55.5 Å². The number of esters is 1. The van der Waals surface area contributed by atoms with Gasteiger partial charge in [-0.25, -0.2) is 4.98 Å². The molecule has 2 rings (SSSR count). The molecule has 1 aromatic carbocycles. The van der Waals surface area contributed by atoms with Crippen molar-refractivity contribution >= 4 is 18.1 Å². The molecule has 0 unspecified atom stereocenters. The van der Waals surface area contributed by atoms with Crippen molar-refractivity contribution in [2.24, 2.45) is 0 Å². The minimum Gasteiger partial charge on any atom is -0.425 e. The highest BCUT2D eigenvalue weighted by Gasteiger charge is 2.03. The van der Waals surface area contributed by atoms with Crippen LogP contribution in [0.25, 0.3) is 12.2 Å². The van der Waals surface area contributed by atoms with E-state index in [1.54, 1.807) is 6.07 Å². The number of carbonyl (C=O) groups is 1. The van der Waals surface area contributed by atoms with Crippen LogP contribution in [0.15, 0.2) is 42.5 Å². The van der Waals surface area contributed by atoms with Crippen LogP contribution in [0, 0.1) is 6.92 Å². The smallest absolute Gasteiger partial charge is 0.308 e. The van der Waals surface area contributed by atoms with Crippen molar-refractivity contribution in [1.82, 2.24) is 4.98 Å². The lowest BCUT2D eigenvalue weighted by Gasteiger charge is -2.04. The van der Waals surface area contributed by atoms with Crippen molar-refractivity contribution in [3.05, 3.63) is 59.4 Å². The van der Waals surface area contributed by atoms with Gasteiger partial charge in [-0.1, -0.05) is 36.4 Å². The van der Waals surface area contributed by atoms with Gasteiger partial charge in [0, 0.05) is 6.92 Å². The summed E-state index contributed by atoms with van der Waals surface area (Å²) in [5.41, 5.74) is 2.65. The second-order valence-electron chi connectivity index (χ2n) is 4.16. The highest BCUT2D eigenvalue weighted by molar-refractivity contribution is 5.70. The molecule has 0 spiro atoms. The summed E-state index contributed by atoms with van der Waals surface area (Å²) in [6.45, 7) is 3.20. The van der Waals surface area contributed by atoms with E-state index in [1.165, 1.54) is 6.92 Å². The summed E-state index contributed by atoms with van der Waals surface area (Å²) >= 11 is 0. The number of nitrogens with zero attached hydrogens (tertiary/aromatic N) is 1. The van der Waals surface area contributed by atoms with Crippen LogP contribution in [0.4, 0.5) is 0 Å². The van der Waals surface area contributed by atoms with Crippen LogP contribution >= 0.6 is 0 Å². The fraction of sp³-hybridized carbons (Fsp3) is 0.125. The lowest BCUT2D eigenvalue weighted by molar-refractivity contribution is -0.131. The predicted molar refractivity (Wildman–Crippen MR) is 75.7 cm³/mol. The minimum absolute atomic E-state index is 0.336. The average Bonchev–Trinajstić information content (AvgIpc) is 2.40. The number of aromatic nitrogens is 1. The summed E-state index contributed by atoms with van der Waals surface area (Å²) < 4.78 is 5.04. The summed E-state index contributed by atoms with van der Waals surface area (Å²) in [6.07, 6.45) is 3.92. The summed E-state index contributed by atoms with van der Waals surface area (Å²) in [5.74, 6) is 0.168. The van der Waals surface area contributed by atoms with Crippen LogP contribution in [0.3, 0.4) is 0 Å². The Bertz CT molecular complexity index is 603. The topological polar surface area (TPSA) is 39.2 Å². The SMILES string of the molecule is CC(=O)Oc1ccc(/C=C/c2ccccc2)nc1C. The molecule has 0 saturated heterocycles. The maximum absolute atomic E-state index is 10.9. The number of ether oxygens (including phenoxy) is 1. The number of rotatable bonds is 3. The third kappa shape index (κ3) is 3.78. The highest BCUT2D eigenvalue weighted by atomic mass is 16.5. The molecule has 0 atom stereocenters. The summed E-state index contributed by atoms with van der Waals surface area (Å²) in [4.78, 5) is 15.3. The molecule has 96 valence electrons. The van der Waals surface area contributed by atoms with Crippen molar-refractivity contribution in [1.29, 1.82) is 0 Å². The van der Waals surface area contributed by atoms with Gasteiger partial charge >= 0.3 is 5.97 Å². The van der Waals surface area contributed by atoms with Crippen LogP contribution in [0.5, 0.6) is 5.75 Å². The van der Waals surface area contributed by atoms with Crippen molar-refractivity contribution in [2.75, 3.05) is 0 Å². The molecule has 2 aromatic rings. The Balaban J connectivity index is 2.16. The molecule has 0 aliphatic carbocycles. The molecular formula is C16H15NO2. The third-order valence-corrected chi connectivity index (χ3v) is 2.56. The number of pyridine rings is 1. The van der Waals surface area contributed by atoms with Gasteiger partial charge in [0.1, 0.15) is 0 Å². The first-order valence-corrected chi connectivity index (χ1v) is 6.04. The van der Waals surface area contributed by atoms with Gasteiger partial charge in [0.05, 0.1) is 11.4 Å². The van der Waals surface area contributed by atoms with E-state index in [0.717, 1.165) is 11.3 Å². The standard InChI is InChI=1S/C16H15NO2/c1-12-16(19-13(2)18)11-10-15(17-12)9-8-14-6-4-3-5-7-14/h3-11H,1-2H3/b9-8+. The fourth-order valence-corrected chi connectivity index (χ4v) is 1.67. The van der Waals surface area contributed by atoms with Gasteiger partial charge in [-0.2, -0.15) is 0 Å². The normalized spacial score (nSPS) is 10.6. The Morgan fingerprint density at radius 1 is 1.11 bits per heavy atom. The molecule has 0 saturated carbocycles. The Morgan fingerprint density at radius 3 is 2.47 bits per heavy atom. The van der Waals surface area contributed by atoms with E-state index in [2.05, 4.69) is 4.98 Å². The lowest BCUT2D eigenvalue weighted by atomic mass is 10.2. The number of hydrogen-bond donors (Lipinski definition) is 0. The number of aryl methyl sites for hydroxylation is 1. The molecule has 19 heavy (non-hydrogen) atoms. The maximum atomic E-state index is 10.9. The van der Waals surface area contributed by atoms with Gasteiger partial charge in [0.25, 0.3) is 0 Å². The third-order valence-electron chi connectivity index (χ3n) is 2.56. The van der Waals surface area contributed by atoms with Gasteiger partial charge in [-0.05, 0) is 30.7 Å². The van der Waals surface area contributed by atoms with Crippen LogP contribution in [-0.2, 0) is 4.79 Å². The van der Waals surface area contributed by atoms with Gasteiger partial charge in [0.15, 0.2) is 5.75 Å². The Morgan fingerprint density at radius 2 is 1.84 bits per heavy atom. The van der Waals surface area contributed by atoms with Gasteiger partial charge < -0.3 is 4.74 Å². The quantitative estimate of drug-likeness (QED) is 0.786. The molecule has 0 aliphatic rings. The molecule has 0 amide bonds. The average molecular weight is 253 g/mol. The molecule has 0 N–H and O–H groups in total. The minimum atomic E-state index is -0.336. The van der Waals surface area contributed by atoms with Crippen molar-refractivity contribution in [2.45, 2.75) is 13.8 Å². The maximum Gasteiger partial charge on any atom is 0.308 e. The first kappa shape index (κ1) is 13.0. The van der Waals surface area contributed by atoms with Gasteiger partial charge in [-0.15, -0.1) is 0 Å². The van der Waals surface area contributed by atoms with Gasteiger partial charge in [-0.3, -0.25) is 4.79 Å². The summed E-state index contributed by atoms with van der Waals surface area (Å²) in [6, 6.07) is 13.6. The first-order valence-electron chi connectivity index (χ1n) is 6.04. The summed E-state index contributed by atoms with van der Waals surface area (Å²) in [5, 5.41) is 0. The first-order chi connectivity index (χ1) is 9.15. The number of carbonyl (C=O) groups excluding carboxylic acids is 1. The second-order valence-corrected chi connectivity index (χ2v) is 4.16. The van der Waals surface area contributed by atoms with E-state index in [9.17, 15) is 4.79 Å². The van der Waals surface area contributed by atoms with Crippen LogP contribution < -0.4 is 4.74 Å². The molecule has 0 fully saturated rings. The molecule has 0 aliphatic heterocycles. The highest BCUT2D eigenvalue weighted by Crippen LogP contribution is 2.17. The van der Waals surface area contributed by atoms with Crippen molar-refractivity contribution in [3.8, 4) is 5.75 Å². The van der Waals surface area contributed by atoms with Crippen LogP contribution in [-0.4, -0.2) is 11.0 Å². The summed E-state index contributed by atoms with van der Waals surface area (Å²) in [7, 11) is 0. The van der Waals surface area contributed by atoms with E-state index in [-0.39, 0.29) is 5.97 Å². The zero-order valence-corrected chi connectivity index (χ0v) is 11.0. The zero-order chi connectivity index (χ0) is 13.7. The zero-order valence-electron chi connectivity index (χ0n) is 11.0. The molecule has 0 radical (unpaired) electrons. The Hall–Kier alpha value is -2.42. The fourth-order valence-electron chi connectivity index (χ4n) is 1.67. The molecule has 3 nitrogen and oxygen atoms in total. The van der Waals surface area contributed by atoms with Crippen molar-refractivity contribution in [3.63, 3.8) is 0 Å².